The van der Waals surface area contributed by atoms with Crippen molar-refractivity contribution in [3.05, 3.63) is 11.7 Å². The fourth-order valence-electron chi connectivity index (χ4n) is 1.10. The molecule has 0 saturated carbocycles. The minimum atomic E-state index is 0.702. The van der Waals surface area contributed by atoms with E-state index < -0.39 is 0 Å². The highest BCUT2D eigenvalue weighted by Crippen LogP contribution is 2.01. The molecule has 5 heteroatoms. The molecule has 1 rings (SSSR count). The molecule has 0 saturated heterocycles. The van der Waals surface area contributed by atoms with Crippen LogP contribution in [0.25, 0.3) is 0 Å². The molecule has 1 aromatic heterocycles. The van der Waals surface area contributed by atoms with Crippen molar-refractivity contribution in [3.8, 4) is 0 Å². The molecule has 14 heavy (non-hydrogen) atoms. The van der Waals surface area contributed by atoms with Gasteiger partial charge in [0.1, 0.15) is 0 Å². The normalized spacial score (nSPS) is 10.7. The van der Waals surface area contributed by atoms with Crippen LogP contribution >= 0.6 is 0 Å². The van der Waals surface area contributed by atoms with Gasteiger partial charge in [0.15, 0.2) is 5.82 Å². The van der Waals surface area contributed by atoms with Crippen LogP contribution in [0.3, 0.4) is 0 Å². The lowest BCUT2D eigenvalue weighted by Gasteiger charge is -1.93. The lowest BCUT2D eigenvalue weighted by molar-refractivity contribution is 0.192. The number of likely N-dealkylation sites (N-methyl/N-ethyl adjacent to an activating group) is 1. The summed E-state index contributed by atoms with van der Waals surface area (Å²) in [5.74, 6) is 1.47. The average Bonchev–Trinajstić information content (AvgIpc) is 2.63. The summed E-state index contributed by atoms with van der Waals surface area (Å²) in [5.41, 5.74) is 0. The van der Waals surface area contributed by atoms with Gasteiger partial charge in [0.05, 0.1) is 0 Å². The highest BCUT2D eigenvalue weighted by molar-refractivity contribution is 4.87. The standard InChI is InChI=1S/C9H17N3O2/c1-10-6-5-8-11-9(14-12-8)4-3-7-13-2/h10H,3-7H2,1-2H3. The van der Waals surface area contributed by atoms with Gasteiger partial charge in [-0.25, -0.2) is 0 Å². The summed E-state index contributed by atoms with van der Waals surface area (Å²) < 4.78 is 10.00. The minimum Gasteiger partial charge on any atom is -0.385 e. The summed E-state index contributed by atoms with van der Waals surface area (Å²) in [7, 11) is 3.59. The van der Waals surface area contributed by atoms with Crippen molar-refractivity contribution in [1.82, 2.24) is 15.5 Å². The van der Waals surface area contributed by atoms with E-state index in [1.165, 1.54) is 0 Å². The molecule has 0 amide bonds. The molecule has 80 valence electrons. The summed E-state index contributed by atoms with van der Waals surface area (Å²) in [5, 5.41) is 6.90. The topological polar surface area (TPSA) is 60.2 Å². The first-order chi connectivity index (χ1) is 6.86. The molecule has 5 nitrogen and oxygen atoms in total. The minimum absolute atomic E-state index is 0.702. The van der Waals surface area contributed by atoms with Gasteiger partial charge in [0.25, 0.3) is 0 Å². The van der Waals surface area contributed by atoms with Crippen LogP contribution in [0, 0.1) is 0 Å². The molecule has 0 bridgehead atoms. The molecule has 1 heterocycles. The highest BCUT2D eigenvalue weighted by Gasteiger charge is 2.04. The van der Waals surface area contributed by atoms with E-state index in [1.807, 2.05) is 7.05 Å². The van der Waals surface area contributed by atoms with Crippen LogP contribution in [0.15, 0.2) is 4.52 Å². The number of aromatic nitrogens is 2. The van der Waals surface area contributed by atoms with Crippen LogP contribution in [0.4, 0.5) is 0 Å². The van der Waals surface area contributed by atoms with E-state index in [9.17, 15) is 0 Å². The molecule has 1 N–H and O–H groups in total. The van der Waals surface area contributed by atoms with Gasteiger partial charge in [0.2, 0.25) is 5.89 Å². The number of nitrogens with zero attached hydrogens (tertiary/aromatic N) is 2. The van der Waals surface area contributed by atoms with Gasteiger partial charge in [-0.3, -0.25) is 0 Å². The second-order valence-corrected chi connectivity index (χ2v) is 3.05. The lowest BCUT2D eigenvalue weighted by atomic mass is 10.3. The Bertz CT molecular complexity index is 250. The second-order valence-electron chi connectivity index (χ2n) is 3.05. The summed E-state index contributed by atoms with van der Waals surface area (Å²) in [6.07, 6.45) is 2.52. The van der Waals surface area contributed by atoms with Gasteiger partial charge in [0, 0.05) is 33.1 Å². The van der Waals surface area contributed by atoms with Gasteiger partial charge in [-0.15, -0.1) is 0 Å². The smallest absolute Gasteiger partial charge is 0.226 e. The fourth-order valence-corrected chi connectivity index (χ4v) is 1.10. The Morgan fingerprint density at radius 2 is 2.29 bits per heavy atom. The summed E-state index contributed by atoms with van der Waals surface area (Å²) in [6, 6.07) is 0. The molecular weight excluding hydrogens is 182 g/mol. The van der Waals surface area contributed by atoms with Crippen molar-refractivity contribution >= 4 is 0 Å². The Morgan fingerprint density at radius 3 is 3.00 bits per heavy atom. The Balaban J connectivity index is 2.27. The van der Waals surface area contributed by atoms with Crippen molar-refractivity contribution < 1.29 is 9.26 Å². The lowest BCUT2D eigenvalue weighted by Crippen LogP contribution is -2.11. The molecule has 0 aromatic carbocycles. The van der Waals surface area contributed by atoms with E-state index in [1.54, 1.807) is 7.11 Å². The van der Waals surface area contributed by atoms with E-state index in [0.717, 1.165) is 38.2 Å². The third-order valence-electron chi connectivity index (χ3n) is 1.85. The molecule has 0 aliphatic carbocycles. The van der Waals surface area contributed by atoms with Crippen LogP contribution in [0.1, 0.15) is 18.1 Å². The predicted octanol–water partition coefficient (Wildman–Crippen LogP) is 0.410. The Labute approximate surface area is 83.8 Å². The largest absolute Gasteiger partial charge is 0.385 e. The molecule has 0 aliphatic heterocycles. The zero-order valence-electron chi connectivity index (χ0n) is 8.75. The van der Waals surface area contributed by atoms with Crippen LogP contribution in [-0.2, 0) is 17.6 Å². The maximum Gasteiger partial charge on any atom is 0.226 e. The Hall–Kier alpha value is -0.940. The van der Waals surface area contributed by atoms with E-state index in [4.69, 9.17) is 9.26 Å². The summed E-state index contributed by atoms with van der Waals surface area (Å²) in [6.45, 7) is 1.60. The zero-order chi connectivity index (χ0) is 10.2. The molecule has 0 fully saturated rings. The molecular formula is C9H17N3O2. The van der Waals surface area contributed by atoms with E-state index in [-0.39, 0.29) is 0 Å². The van der Waals surface area contributed by atoms with Gasteiger partial charge in [-0.05, 0) is 13.5 Å². The Kier molecular flexibility index (Phi) is 5.17. The molecule has 0 radical (unpaired) electrons. The van der Waals surface area contributed by atoms with Gasteiger partial charge in [-0.1, -0.05) is 5.16 Å². The van der Waals surface area contributed by atoms with E-state index in [2.05, 4.69) is 15.5 Å². The first kappa shape index (κ1) is 11.1. The highest BCUT2D eigenvalue weighted by atomic mass is 16.5. The molecule has 1 aromatic rings. The number of rotatable bonds is 7. The van der Waals surface area contributed by atoms with Gasteiger partial charge in [-0.2, -0.15) is 4.98 Å². The monoisotopic (exact) mass is 199 g/mol. The number of hydrogen-bond acceptors (Lipinski definition) is 5. The predicted molar refractivity (Wildman–Crippen MR) is 52.1 cm³/mol. The van der Waals surface area contributed by atoms with Crippen molar-refractivity contribution in [2.75, 3.05) is 27.3 Å². The second kappa shape index (κ2) is 6.50. The number of nitrogens with one attached hydrogen (secondary N) is 1. The SMILES string of the molecule is CNCCc1noc(CCCOC)n1. The molecule has 0 atom stereocenters. The van der Waals surface area contributed by atoms with E-state index >= 15 is 0 Å². The number of hydrogen-bond donors (Lipinski definition) is 1. The van der Waals surface area contributed by atoms with Crippen molar-refractivity contribution in [1.29, 1.82) is 0 Å². The molecule has 0 unspecified atom stereocenters. The molecule has 0 aliphatic rings. The summed E-state index contributed by atoms with van der Waals surface area (Å²) >= 11 is 0. The third-order valence-corrected chi connectivity index (χ3v) is 1.85. The maximum atomic E-state index is 5.06. The number of ether oxygens (including phenoxy) is 1. The van der Waals surface area contributed by atoms with Crippen LogP contribution < -0.4 is 5.32 Å². The van der Waals surface area contributed by atoms with Crippen molar-refractivity contribution in [3.63, 3.8) is 0 Å². The average molecular weight is 199 g/mol. The van der Waals surface area contributed by atoms with Gasteiger partial charge < -0.3 is 14.6 Å². The van der Waals surface area contributed by atoms with Crippen molar-refractivity contribution in [2.24, 2.45) is 0 Å². The van der Waals surface area contributed by atoms with Crippen LogP contribution in [-0.4, -0.2) is 37.4 Å². The third kappa shape index (κ3) is 3.85. The van der Waals surface area contributed by atoms with Crippen LogP contribution in [0.2, 0.25) is 0 Å². The zero-order valence-corrected chi connectivity index (χ0v) is 8.75. The fraction of sp³-hybridized carbons (Fsp3) is 0.778. The van der Waals surface area contributed by atoms with Gasteiger partial charge >= 0.3 is 0 Å². The summed E-state index contributed by atoms with van der Waals surface area (Å²) in [4.78, 5) is 4.25. The maximum absolute atomic E-state index is 5.06. The number of aryl methyl sites for hydroxylation is 1. The van der Waals surface area contributed by atoms with Crippen molar-refractivity contribution in [2.45, 2.75) is 19.3 Å². The van der Waals surface area contributed by atoms with E-state index in [0.29, 0.717) is 5.89 Å². The van der Waals surface area contributed by atoms with Crippen LogP contribution in [0.5, 0.6) is 0 Å². The number of methoxy groups -OCH3 is 1. The quantitative estimate of drug-likeness (QED) is 0.644. The first-order valence-electron chi connectivity index (χ1n) is 4.82. The first-order valence-corrected chi connectivity index (χ1v) is 4.82. The molecule has 0 spiro atoms. The Morgan fingerprint density at radius 1 is 1.43 bits per heavy atom.